The summed E-state index contributed by atoms with van der Waals surface area (Å²) in [6.07, 6.45) is 0. The maximum atomic E-state index is 11.9. The number of nitrogens with one attached hydrogen (secondary N) is 1. The van der Waals surface area contributed by atoms with Crippen molar-refractivity contribution in [3.05, 3.63) is 35.9 Å². The van der Waals surface area contributed by atoms with Gasteiger partial charge in [0.2, 0.25) is 11.0 Å². The van der Waals surface area contributed by atoms with Crippen LogP contribution in [0.3, 0.4) is 0 Å². The van der Waals surface area contributed by atoms with Crippen LogP contribution in [-0.2, 0) is 14.3 Å². The molecule has 1 unspecified atom stereocenters. The standard InChI is InChI=1S/C13H16N2O4S.ClH/c1-19-12(17)10(15-11(16)7-14)8-20-13(18)9-5-3-2-4-6-9;/h2-6,10H,7-8,14H2,1H3,(H,15,16);1H. The number of hydrogen-bond acceptors (Lipinski definition) is 6. The Bertz CT molecular complexity index is 484. The fourth-order valence-corrected chi connectivity index (χ4v) is 2.22. The lowest BCUT2D eigenvalue weighted by molar-refractivity contribution is -0.144. The van der Waals surface area contributed by atoms with E-state index in [0.29, 0.717) is 5.56 Å². The normalized spacial score (nSPS) is 11.0. The molecule has 1 aromatic carbocycles. The predicted octanol–water partition coefficient (Wildman–Crippen LogP) is 0.598. The van der Waals surface area contributed by atoms with E-state index in [1.807, 2.05) is 0 Å². The summed E-state index contributed by atoms with van der Waals surface area (Å²) >= 11 is 0.939. The molecule has 0 bridgehead atoms. The molecule has 0 aliphatic heterocycles. The summed E-state index contributed by atoms with van der Waals surface area (Å²) in [6, 6.07) is 7.78. The molecule has 0 spiro atoms. The zero-order valence-corrected chi connectivity index (χ0v) is 13.0. The molecule has 0 saturated carbocycles. The molecule has 0 aromatic heterocycles. The van der Waals surface area contributed by atoms with E-state index in [1.165, 1.54) is 7.11 Å². The van der Waals surface area contributed by atoms with Gasteiger partial charge in [0.25, 0.3) is 0 Å². The first kappa shape index (κ1) is 19.4. The molecule has 1 rings (SSSR count). The third kappa shape index (κ3) is 6.61. The van der Waals surface area contributed by atoms with Crippen LogP contribution in [0.15, 0.2) is 30.3 Å². The SMILES string of the molecule is COC(=O)C(CSC(=O)c1ccccc1)NC(=O)CN.Cl. The van der Waals surface area contributed by atoms with Gasteiger partial charge in [0, 0.05) is 11.3 Å². The summed E-state index contributed by atoms with van der Waals surface area (Å²) in [5.74, 6) is -1.00. The molecule has 0 heterocycles. The number of hydrogen-bond donors (Lipinski definition) is 2. The van der Waals surface area contributed by atoms with Gasteiger partial charge in [-0.05, 0) is 0 Å². The Morgan fingerprint density at radius 2 is 1.90 bits per heavy atom. The number of rotatable bonds is 6. The fourth-order valence-electron chi connectivity index (χ4n) is 1.38. The van der Waals surface area contributed by atoms with E-state index in [1.54, 1.807) is 30.3 Å². The molecule has 3 N–H and O–H groups in total. The molecule has 0 aliphatic rings. The van der Waals surface area contributed by atoms with Crippen LogP contribution in [0, 0.1) is 0 Å². The molecule has 21 heavy (non-hydrogen) atoms. The summed E-state index contributed by atoms with van der Waals surface area (Å²) in [5.41, 5.74) is 5.70. The van der Waals surface area contributed by atoms with Gasteiger partial charge >= 0.3 is 5.97 Å². The molecule has 0 radical (unpaired) electrons. The van der Waals surface area contributed by atoms with Gasteiger partial charge in [-0.3, -0.25) is 9.59 Å². The number of carbonyl (C=O) groups is 3. The number of thioether (sulfide) groups is 1. The topological polar surface area (TPSA) is 98.5 Å². The van der Waals surface area contributed by atoms with Crippen molar-refractivity contribution in [2.24, 2.45) is 5.73 Å². The molecule has 1 aromatic rings. The lowest BCUT2D eigenvalue weighted by Gasteiger charge is -2.15. The van der Waals surface area contributed by atoms with Crippen molar-refractivity contribution in [2.45, 2.75) is 6.04 Å². The van der Waals surface area contributed by atoms with Crippen molar-refractivity contribution in [1.29, 1.82) is 0 Å². The van der Waals surface area contributed by atoms with Crippen molar-refractivity contribution >= 4 is 41.2 Å². The van der Waals surface area contributed by atoms with Crippen LogP contribution < -0.4 is 11.1 Å². The zero-order chi connectivity index (χ0) is 15.0. The first-order valence-electron chi connectivity index (χ1n) is 5.88. The molecular formula is C13H17ClN2O4S. The Kier molecular flexibility index (Phi) is 9.44. The number of benzene rings is 1. The summed E-state index contributed by atoms with van der Waals surface area (Å²) in [7, 11) is 1.22. The van der Waals surface area contributed by atoms with E-state index < -0.39 is 17.9 Å². The number of ether oxygens (including phenoxy) is 1. The third-order valence-electron chi connectivity index (χ3n) is 2.40. The van der Waals surface area contributed by atoms with E-state index >= 15 is 0 Å². The van der Waals surface area contributed by atoms with Gasteiger partial charge in [-0.2, -0.15) is 0 Å². The van der Waals surface area contributed by atoms with Gasteiger partial charge in [0.15, 0.2) is 0 Å². The molecule has 1 amide bonds. The lowest BCUT2D eigenvalue weighted by atomic mass is 10.2. The van der Waals surface area contributed by atoms with Gasteiger partial charge < -0.3 is 15.8 Å². The number of nitrogens with two attached hydrogens (primary N) is 1. The molecular weight excluding hydrogens is 316 g/mol. The number of esters is 1. The Morgan fingerprint density at radius 3 is 2.43 bits per heavy atom. The van der Waals surface area contributed by atoms with Gasteiger partial charge in [-0.1, -0.05) is 42.1 Å². The van der Waals surface area contributed by atoms with Crippen LogP contribution in [0.25, 0.3) is 0 Å². The van der Waals surface area contributed by atoms with Crippen LogP contribution >= 0.6 is 24.2 Å². The van der Waals surface area contributed by atoms with E-state index in [2.05, 4.69) is 10.1 Å². The van der Waals surface area contributed by atoms with Crippen molar-refractivity contribution in [3.8, 4) is 0 Å². The number of halogens is 1. The highest BCUT2D eigenvalue weighted by Gasteiger charge is 2.22. The minimum Gasteiger partial charge on any atom is -0.467 e. The second-order valence-corrected chi connectivity index (χ2v) is 4.80. The summed E-state index contributed by atoms with van der Waals surface area (Å²) in [4.78, 5) is 34.6. The zero-order valence-electron chi connectivity index (χ0n) is 11.4. The highest BCUT2D eigenvalue weighted by Crippen LogP contribution is 2.13. The van der Waals surface area contributed by atoms with Crippen LogP contribution in [0.2, 0.25) is 0 Å². The first-order valence-corrected chi connectivity index (χ1v) is 6.86. The predicted molar refractivity (Wildman–Crippen MR) is 83.5 cm³/mol. The van der Waals surface area contributed by atoms with Crippen molar-refractivity contribution in [2.75, 3.05) is 19.4 Å². The highest BCUT2D eigenvalue weighted by molar-refractivity contribution is 8.14. The monoisotopic (exact) mass is 332 g/mol. The van der Waals surface area contributed by atoms with E-state index in [4.69, 9.17) is 5.73 Å². The van der Waals surface area contributed by atoms with Gasteiger partial charge in [-0.25, -0.2) is 4.79 Å². The van der Waals surface area contributed by atoms with Crippen LogP contribution in [0.5, 0.6) is 0 Å². The Morgan fingerprint density at radius 1 is 1.29 bits per heavy atom. The maximum Gasteiger partial charge on any atom is 0.329 e. The Balaban J connectivity index is 0.00000400. The first-order chi connectivity index (χ1) is 9.58. The Labute approximate surface area is 133 Å². The fraction of sp³-hybridized carbons (Fsp3) is 0.308. The molecule has 116 valence electrons. The quantitative estimate of drug-likeness (QED) is 0.740. The molecule has 0 fully saturated rings. The lowest BCUT2D eigenvalue weighted by Crippen LogP contribution is -2.45. The summed E-state index contributed by atoms with van der Waals surface area (Å²) in [6.45, 7) is -0.231. The minimum atomic E-state index is -0.895. The van der Waals surface area contributed by atoms with E-state index in [0.717, 1.165) is 11.8 Å². The third-order valence-corrected chi connectivity index (χ3v) is 3.39. The number of amides is 1. The van der Waals surface area contributed by atoms with Gasteiger partial charge in [0.1, 0.15) is 6.04 Å². The molecule has 8 heteroatoms. The molecule has 6 nitrogen and oxygen atoms in total. The Hall–Kier alpha value is -1.57. The maximum absolute atomic E-state index is 11.9. The summed E-state index contributed by atoms with van der Waals surface area (Å²) in [5, 5.41) is 2.23. The van der Waals surface area contributed by atoms with Crippen molar-refractivity contribution in [3.63, 3.8) is 0 Å². The largest absolute Gasteiger partial charge is 0.467 e. The van der Waals surface area contributed by atoms with E-state index in [-0.39, 0.29) is 29.8 Å². The second kappa shape index (κ2) is 10.2. The number of methoxy groups -OCH3 is 1. The highest BCUT2D eigenvalue weighted by atomic mass is 35.5. The van der Waals surface area contributed by atoms with Crippen LogP contribution in [0.4, 0.5) is 0 Å². The van der Waals surface area contributed by atoms with Crippen molar-refractivity contribution in [1.82, 2.24) is 5.32 Å². The van der Waals surface area contributed by atoms with Crippen LogP contribution in [-0.4, -0.2) is 42.4 Å². The minimum absolute atomic E-state index is 0. The number of carbonyl (C=O) groups excluding carboxylic acids is 3. The van der Waals surface area contributed by atoms with Gasteiger partial charge in [0.05, 0.1) is 13.7 Å². The average molecular weight is 333 g/mol. The van der Waals surface area contributed by atoms with Crippen LogP contribution in [0.1, 0.15) is 10.4 Å². The second-order valence-electron chi connectivity index (χ2n) is 3.81. The molecule has 0 saturated heterocycles. The summed E-state index contributed by atoms with van der Waals surface area (Å²) < 4.78 is 4.58. The van der Waals surface area contributed by atoms with E-state index in [9.17, 15) is 14.4 Å². The smallest absolute Gasteiger partial charge is 0.329 e. The van der Waals surface area contributed by atoms with Crippen molar-refractivity contribution < 1.29 is 19.1 Å². The molecule has 1 atom stereocenters. The van der Waals surface area contributed by atoms with Gasteiger partial charge in [-0.15, -0.1) is 12.4 Å². The molecule has 0 aliphatic carbocycles. The average Bonchev–Trinajstić information content (AvgIpc) is 2.50.